The van der Waals surface area contributed by atoms with Crippen LogP contribution in [0, 0.1) is 7.14 Å². The number of amides is 4. The topological polar surface area (TPSA) is 325 Å². The van der Waals surface area contributed by atoms with Gasteiger partial charge in [-0.3, -0.25) is 19.2 Å². The van der Waals surface area contributed by atoms with Crippen LogP contribution < -0.4 is 27.0 Å². The molecule has 8 N–H and O–H groups in total. The molecule has 0 aliphatic carbocycles. The Labute approximate surface area is 530 Å². The standard InChI is InChI=1S/C35H49IN2O9.C15H10INO5.C11H24N2O4/c1-5-15-43-19-20-44-16-6-8-31(39)27-23-28(25-30(24-27)38-33(41)26-10-12-29(36)13-11-26)32(40)9-7-17-45-21-22-46-18-14-37-34(42)47-35(2,3)4;16-11-3-1-8(2-4-11)13(18)17-12-6-9(14(19)20)5-10(7-12)15(21)22;1-11(2,3)17-10(14)13-5-7-16-9-8-15-6-4-12/h10-13,23-25H,5-9,14-22H2,1-4H3,(H,37,42)(H,38,41);1-7H,(H,17,18)(H,19,20)(H,21,22);4-9,12H2,1-3H3,(H,13,14). The van der Waals surface area contributed by atoms with Crippen molar-refractivity contribution in [2.75, 3.05) is 110 Å². The van der Waals surface area contributed by atoms with Crippen LogP contribution in [0.4, 0.5) is 21.0 Å². The van der Waals surface area contributed by atoms with Crippen molar-refractivity contribution in [2.24, 2.45) is 5.73 Å². The number of aromatic carboxylic acids is 2. The number of carbonyl (C=O) groups is 8. The molecule has 0 atom stereocenters. The van der Waals surface area contributed by atoms with Crippen molar-refractivity contribution in [3.63, 3.8) is 0 Å². The molecular formula is C61H83I2N5O18. The Kier molecular flexibility index (Phi) is 37.6. The number of hydrogen-bond donors (Lipinski definition) is 7. The Morgan fingerprint density at radius 3 is 1.10 bits per heavy atom. The molecule has 23 nitrogen and oxygen atoms in total. The Hall–Kier alpha value is -6.18. The molecule has 25 heteroatoms. The number of rotatable bonds is 35. The van der Waals surface area contributed by atoms with Gasteiger partial charge in [0.15, 0.2) is 11.6 Å². The van der Waals surface area contributed by atoms with Crippen LogP contribution in [0.5, 0.6) is 0 Å². The largest absolute Gasteiger partial charge is 0.478 e. The summed E-state index contributed by atoms with van der Waals surface area (Å²) in [6, 6.07) is 22.1. The third-order valence-corrected chi connectivity index (χ3v) is 12.1. The number of nitrogens with one attached hydrogen (secondary N) is 4. The van der Waals surface area contributed by atoms with Crippen LogP contribution in [0.25, 0.3) is 0 Å². The van der Waals surface area contributed by atoms with E-state index in [0.29, 0.717) is 140 Å². The molecule has 0 heterocycles. The van der Waals surface area contributed by atoms with E-state index in [4.69, 9.17) is 53.8 Å². The predicted molar refractivity (Wildman–Crippen MR) is 341 cm³/mol. The maximum Gasteiger partial charge on any atom is 0.407 e. The summed E-state index contributed by atoms with van der Waals surface area (Å²) < 4.78 is 44.5. The number of anilines is 2. The van der Waals surface area contributed by atoms with Crippen LogP contribution in [-0.2, 0) is 37.9 Å². The van der Waals surface area contributed by atoms with Gasteiger partial charge in [-0.25, -0.2) is 19.2 Å². The Morgan fingerprint density at radius 1 is 0.442 bits per heavy atom. The number of Topliss-reactive ketones (excluding diaryl/α,β-unsaturated/α-hetero) is 2. The normalized spacial score (nSPS) is 11.0. The summed E-state index contributed by atoms with van der Waals surface area (Å²) in [5.74, 6) is -3.62. The molecule has 0 aromatic heterocycles. The monoisotopic (exact) mass is 1430 g/mol. The second kappa shape index (κ2) is 42.6. The highest BCUT2D eigenvalue weighted by Crippen LogP contribution is 2.22. The number of ketones is 2. The Balaban J connectivity index is 0.000000528. The first-order valence-electron chi connectivity index (χ1n) is 27.9. The molecule has 474 valence electrons. The number of ether oxygens (including phenoxy) is 8. The second-order valence-electron chi connectivity index (χ2n) is 20.5. The van der Waals surface area contributed by atoms with Gasteiger partial charge in [-0.1, -0.05) is 6.92 Å². The molecule has 4 aromatic rings. The second-order valence-corrected chi connectivity index (χ2v) is 23.0. The number of halogens is 2. The fraction of sp³-hybridized carbons (Fsp3) is 0.475. The van der Waals surface area contributed by atoms with Crippen molar-refractivity contribution in [3.8, 4) is 0 Å². The summed E-state index contributed by atoms with van der Waals surface area (Å²) in [6.07, 6.45) is 1.47. The maximum absolute atomic E-state index is 13.1. The highest BCUT2D eigenvalue weighted by atomic mass is 127. The first-order chi connectivity index (χ1) is 40.8. The van der Waals surface area contributed by atoms with E-state index in [0.717, 1.165) is 19.6 Å². The molecule has 4 rings (SSSR count). The zero-order chi connectivity index (χ0) is 63.9. The molecule has 0 unspecified atom stereocenters. The van der Waals surface area contributed by atoms with Gasteiger partial charge < -0.3 is 75.1 Å². The lowest BCUT2D eigenvalue weighted by molar-refractivity contribution is 0.0388. The Bertz CT molecular complexity index is 2700. The highest BCUT2D eigenvalue weighted by Gasteiger charge is 2.19. The van der Waals surface area contributed by atoms with Crippen molar-refractivity contribution in [1.82, 2.24) is 10.6 Å². The van der Waals surface area contributed by atoms with Crippen molar-refractivity contribution < 1.29 is 86.5 Å². The summed E-state index contributed by atoms with van der Waals surface area (Å²) in [6.45, 7) is 19.6. The molecule has 0 fully saturated rings. The van der Waals surface area contributed by atoms with E-state index in [9.17, 15) is 38.4 Å². The van der Waals surface area contributed by atoms with Gasteiger partial charge in [-0.2, -0.15) is 0 Å². The van der Waals surface area contributed by atoms with Gasteiger partial charge in [0.1, 0.15) is 11.2 Å². The van der Waals surface area contributed by atoms with Gasteiger partial charge in [0, 0.05) is 93.1 Å². The van der Waals surface area contributed by atoms with Gasteiger partial charge >= 0.3 is 24.1 Å². The number of hydrogen-bond acceptors (Lipinski definition) is 17. The molecular weight excluding hydrogens is 1340 g/mol. The van der Waals surface area contributed by atoms with E-state index in [1.807, 2.05) is 39.8 Å². The molecule has 0 aliphatic rings. The molecule has 0 radical (unpaired) electrons. The molecule has 0 aliphatic heterocycles. The summed E-state index contributed by atoms with van der Waals surface area (Å²) in [7, 11) is 0. The van der Waals surface area contributed by atoms with E-state index in [1.54, 1.807) is 75.4 Å². The van der Waals surface area contributed by atoms with Crippen LogP contribution in [0.2, 0.25) is 0 Å². The van der Waals surface area contributed by atoms with E-state index in [1.165, 1.54) is 12.1 Å². The number of alkyl carbamates (subject to hydrolysis) is 2. The molecule has 0 saturated heterocycles. The van der Waals surface area contributed by atoms with E-state index in [-0.39, 0.29) is 47.1 Å². The van der Waals surface area contributed by atoms with Gasteiger partial charge in [0.25, 0.3) is 11.8 Å². The third kappa shape index (κ3) is 36.1. The average molecular weight is 1430 g/mol. The molecule has 0 spiro atoms. The fourth-order valence-electron chi connectivity index (χ4n) is 6.81. The lowest BCUT2D eigenvalue weighted by atomic mass is 9.99. The third-order valence-electron chi connectivity index (χ3n) is 10.7. The van der Waals surface area contributed by atoms with Crippen molar-refractivity contribution >= 4 is 104 Å². The minimum absolute atomic E-state index is 0.112. The van der Waals surface area contributed by atoms with E-state index < -0.39 is 41.2 Å². The van der Waals surface area contributed by atoms with Crippen LogP contribution >= 0.6 is 45.2 Å². The first kappa shape index (κ1) is 75.9. The lowest BCUT2D eigenvalue weighted by Gasteiger charge is -2.19. The fourth-order valence-corrected chi connectivity index (χ4v) is 7.53. The van der Waals surface area contributed by atoms with E-state index >= 15 is 0 Å². The quantitative estimate of drug-likeness (QED) is 0.0128. The minimum Gasteiger partial charge on any atom is -0.478 e. The number of carboxylic acids is 2. The zero-order valence-corrected chi connectivity index (χ0v) is 54.3. The van der Waals surface area contributed by atoms with Gasteiger partial charge in [0.2, 0.25) is 0 Å². The zero-order valence-electron chi connectivity index (χ0n) is 50.0. The maximum atomic E-state index is 13.1. The van der Waals surface area contributed by atoms with Crippen molar-refractivity contribution in [1.29, 1.82) is 0 Å². The average Bonchev–Trinajstić information content (AvgIpc) is 2.55. The SMILES string of the molecule is CC(C)(C)OC(=O)NCCOCCOCCN.CCCOCCOCCCC(=O)c1cc(NC(=O)c2ccc(I)cc2)cc(C(=O)CCCOCCOCCNC(=O)OC(C)(C)C)c1.O=C(O)c1cc(NC(=O)c2ccc(I)cc2)cc(C(=O)O)c1. The highest BCUT2D eigenvalue weighted by molar-refractivity contribution is 14.1. The Morgan fingerprint density at radius 2 is 0.767 bits per heavy atom. The van der Waals surface area contributed by atoms with Crippen LogP contribution in [-0.4, -0.2) is 168 Å². The van der Waals surface area contributed by atoms with Crippen LogP contribution in [0.15, 0.2) is 84.9 Å². The summed E-state index contributed by atoms with van der Waals surface area (Å²) in [5.41, 5.74) is 5.85. The van der Waals surface area contributed by atoms with Crippen molar-refractivity contribution in [3.05, 3.63) is 125 Å². The smallest absolute Gasteiger partial charge is 0.407 e. The summed E-state index contributed by atoms with van der Waals surface area (Å²) in [4.78, 5) is 96.1. The van der Waals surface area contributed by atoms with Crippen LogP contribution in [0.1, 0.15) is 143 Å². The van der Waals surface area contributed by atoms with Crippen molar-refractivity contribution in [2.45, 2.75) is 91.8 Å². The minimum atomic E-state index is -1.27. The summed E-state index contributed by atoms with van der Waals surface area (Å²) >= 11 is 4.27. The molecule has 4 amide bonds. The number of carbonyl (C=O) groups excluding carboxylic acids is 6. The molecule has 0 bridgehead atoms. The van der Waals surface area contributed by atoms with Gasteiger partial charge in [-0.05, 0) is 191 Å². The number of carboxylic acid groups (broad SMARTS) is 2. The van der Waals surface area contributed by atoms with E-state index in [2.05, 4.69) is 66.4 Å². The molecule has 86 heavy (non-hydrogen) atoms. The number of benzene rings is 4. The molecule has 0 saturated carbocycles. The summed E-state index contributed by atoms with van der Waals surface area (Å²) in [5, 5.41) is 28.5. The number of nitrogens with two attached hydrogens (primary N) is 1. The van der Waals surface area contributed by atoms with Gasteiger partial charge in [-0.15, -0.1) is 0 Å². The van der Waals surface area contributed by atoms with Crippen LogP contribution in [0.3, 0.4) is 0 Å². The first-order valence-corrected chi connectivity index (χ1v) is 30.0. The molecule has 4 aromatic carbocycles. The predicted octanol–water partition coefficient (Wildman–Crippen LogP) is 9.91. The lowest BCUT2D eigenvalue weighted by Crippen LogP contribution is -2.34. The van der Waals surface area contributed by atoms with Gasteiger partial charge in [0.05, 0.1) is 70.6 Å².